The van der Waals surface area contributed by atoms with Gasteiger partial charge < -0.3 is 4.74 Å². The highest BCUT2D eigenvalue weighted by Crippen LogP contribution is 2.33. The largest absolute Gasteiger partial charge is 0.496 e. The van der Waals surface area contributed by atoms with E-state index in [1.54, 1.807) is 49.6 Å². The van der Waals surface area contributed by atoms with E-state index in [2.05, 4.69) is 10.2 Å². The van der Waals surface area contributed by atoms with Crippen LogP contribution in [0.4, 0.5) is 0 Å². The van der Waals surface area contributed by atoms with Crippen LogP contribution >= 0.6 is 23.4 Å². The molecule has 0 spiro atoms. The van der Waals surface area contributed by atoms with Crippen LogP contribution in [0.5, 0.6) is 5.75 Å². The zero-order chi connectivity index (χ0) is 22.6. The first-order chi connectivity index (χ1) is 15.5. The highest BCUT2D eigenvalue weighted by atomic mass is 35.5. The van der Waals surface area contributed by atoms with Crippen molar-refractivity contribution in [2.24, 2.45) is 0 Å². The van der Waals surface area contributed by atoms with Crippen LogP contribution in [0.25, 0.3) is 17.1 Å². The van der Waals surface area contributed by atoms with Crippen LogP contribution in [0, 0.1) is 0 Å². The number of thioether (sulfide) groups is 1. The van der Waals surface area contributed by atoms with Gasteiger partial charge in [-0.25, -0.2) is 8.42 Å². The normalized spacial score (nSPS) is 11.4. The zero-order valence-corrected chi connectivity index (χ0v) is 19.6. The van der Waals surface area contributed by atoms with Crippen LogP contribution < -0.4 is 4.74 Å². The van der Waals surface area contributed by atoms with E-state index in [0.29, 0.717) is 32.4 Å². The van der Waals surface area contributed by atoms with E-state index < -0.39 is 9.84 Å². The number of hydrogen-bond donors (Lipinski definition) is 0. The van der Waals surface area contributed by atoms with Crippen LogP contribution in [-0.4, -0.2) is 41.8 Å². The summed E-state index contributed by atoms with van der Waals surface area (Å²) < 4.78 is 32.7. The number of para-hydroxylation sites is 1. The highest BCUT2D eigenvalue weighted by Gasteiger charge is 2.20. The lowest BCUT2D eigenvalue weighted by Gasteiger charge is -2.12. The van der Waals surface area contributed by atoms with Crippen molar-refractivity contribution in [3.63, 3.8) is 0 Å². The molecule has 0 aliphatic heterocycles. The van der Waals surface area contributed by atoms with Gasteiger partial charge in [-0.15, -0.1) is 10.2 Å². The lowest BCUT2D eigenvalue weighted by molar-refractivity contribution is 0.416. The Labute approximate surface area is 196 Å². The second-order valence-electron chi connectivity index (χ2n) is 6.80. The first kappa shape index (κ1) is 22.4. The first-order valence-corrected chi connectivity index (χ1v) is 12.8. The second-order valence-corrected chi connectivity index (χ2v) is 10.4. The summed E-state index contributed by atoms with van der Waals surface area (Å²) in [6.45, 7) is 0. The Morgan fingerprint density at radius 2 is 1.62 bits per heavy atom. The number of methoxy groups -OCH3 is 1. The number of ether oxygens (including phenoxy) is 1. The van der Waals surface area contributed by atoms with Crippen molar-refractivity contribution in [2.45, 2.75) is 10.1 Å². The molecule has 6 nitrogen and oxygen atoms in total. The molecule has 0 fully saturated rings. The molecule has 9 heteroatoms. The molecule has 0 aliphatic carbocycles. The number of sulfone groups is 1. The third kappa shape index (κ3) is 4.82. The average molecular weight is 486 g/mol. The molecule has 3 aromatic carbocycles. The third-order valence-electron chi connectivity index (χ3n) is 4.75. The smallest absolute Gasteiger partial charge is 0.196 e. The van der Waals surface area contributed by atoms with E-state index in [1.807, 2.05) is 41.0 Å². The number of halogens is 1. The summed E-state index contributed by atoms with van der Waals surface area (Å²) in [5, 5.41) is 9.94. The molecule has 0 unspecified atom stereocenters. The monoisotopic (exact) mass is 485 g/mol. The number of nitrogens with zero attached hydrogens (tertiary/aromatic N) is 3. The van der Waals surface area contributed by atoms with E-state index >= 15 is 0 Å². The molecule has 32 heavy (non-hydrogen) atoms. The van der Waals surface area contributed by atoms with Gasteiger partial charge in [0.1, 0.15) is 5.75 Å². The molecule has 0 radical (unpaired) electrons. The molecule has 1 aromatic heterocycles. The molecule has 4 rings (SSSR count). The molecule has 0 atom stereocenters. The van der Waals surface area contributed by atoms with Gasteiger partial charge in [-0.2, -0.15) is 0 Å². The molecule has 0 aliphatic rings. The number of aromatic nitrogens is 3. The van der Waals surface area contributed by atoms with E-state index in [1.165, 1.54) is 11.8 Å². The summed E-state index contributed by atoms with van der Waals surface area (Å²) >= 11 is 7.41. The van der Waals surface area contributed by atoms with Crippen molar-refractivity contribution in [1.82, 2.24) is 14.8 Å². The molecule has 0 saturated heterocycles. The van der Waals surface area contributed by atoms with Crippen molar-refractivity contribution in [1.29, 1.82) is 0 Å². The van der Waals surface area contributed by atoms with Crippen molar-refractivity contribution in [2.75, 3.05) is 18.6 Å². The van der Waals surface area contributed by atoms with Gasteiger partial charge >= 0.3 is 0 Å². The first-order valence-electron chi connectivity index (χ1n) is 9.75. The summed E-state index contributed by atoms with van der Waals surface area (Å²) in [7, 11) is -1.78. The van der Waals surface area contributed by atoms with Gasteiger partial charge in [-0.1, -0.05) is 53.7 Å². The number of benzene rings is 3. The minimum Gasteiger partial charge on any atom is -0.496 e. The van der Waals surface area contributed by atoms with Gasteiger partial charge in [0.15, 0.2) is 20.8 Å². The Morgan fingerprint density at radius 3 is 2.34 bits per heavy atom. The predicted molar refractivity (Wildman–Crippen MR) is 128 cm³/mol. The molecule has 0 bridgehead atoms. The Morgan fingerprint density at radius 1 is 0.938 bits per heavy atom. The van der Waals surface area contributed by atoms with Gasteiger partial charge in [-0.3, -0.25) is 4.57 Å². The third-order valence-corrected chi connectivity index (χ3v) is 7.92. The maximum absolute atomic E-state index is 12.6. The molecule has 0 amide bonds. The fourth-order valence-electron chi connectivity index (χ4n) is 3.18. The van der Waals surface area contributed by atoms with E-state index in [9.17, 15) is 8.42 Å². The lowest BCUT2D eigenvalue weighted by atomic mass is 10.2. The minimum atomic E-state index is -3.39. The number of rotatable bonds is 8. The summed E-state index contributed by atoms with van der Waals surface area (Å²) in [6, 6.07) is 23.3. The van der Waals surface area contributed by atoms with Gasteiger partial charge in [0.2, 0.25) is 0 Å². The molecular formula is C23H20ClN3O3S2. The lowest BCUT2D eigenvalue weighted by Crippen LogP contribution is -2.09. The maximum Gasteiger partial charge on any atom is 0.196 e. The fraction of sp³-hybridized carbons (Fsp3) is 0.130. The van der Waals surface area contributed by atoms with E-state index in [-0.39, 0.29) is 5.75 Å². The minimum absolute atomic E-state index is 0.0147. The van der Waals surface area contributed by atoms with Crippen molar-refractivity contribution >= 4 is 33.2 Å². The fourth-order valence-corrected chi connectivity index (χ4v) is 5.93. The van der Waals surface area contributed by atoms with Gasteiger partial charge in [0.25, 0.3) is 0 Å². The van der Waals surface area contributed by atoms with Crippen LogP contribution in [0.15, 0.2) is 88.9 Å². The van der Waals surface area contributed by atoms with E-state index in [4.69, 9.17) is 16.3 Å². The molecule has 164 valence electrons. The SMILES string of the molecule is COc1ccccc1-c1nnc(SCCS(=O)(=O)c2ccccc2)n1-c1ccc(Cl)cc1. The van der Waals surface area contributed by atoms with Crippen LogP contribution in [0.3, 0.4) is 0 Å². The van der Waals surface area contributed by atoms with Crippen molar-refractivity contribution < 1.29 is 13.2 Å². The average Bonchev–Trinajstić information content (AvgIpc) is 3.23. The summed E-state index contributed by atoms with van der Waals surface area (Å²) in [5.41, 5.74) is 1.59. The van der Waals surface area contributed by atoms with Crippen LogP contribution in [0.2, 0.25) is 5.02 Å². The standard InChI is InChI=1S/C23H20ClN3O3S2/c1-30-21-10-6-5-9-20(21)22-25-26-23(27(22)18-13-11-17(24)12-14-18)31-15-16-32(28,29)19-7-3-2-4-8-19/h2-14H,15-16H2,1H3. The molecule has 1 heterocycles. The second kappa shape index (κ2) is 9.77. The maximum atomic E-state index is 12.6. The highest BCUT2D eigenvalue weighted by molar-refractivity contribution is 8.00. The van der Waals surface area contributed by atoms with Gasteiger partial charge in [0, 0.05) is 16.5 Å². The number of hydrogen-bond acceptors (Lipinski definition) is 6. The summed E-state index contributed by atoms with van der Waals surface area (Å²) in [6.07, 6.45) is 0. The zero-order valence-electron chi connectivity index (χ0n) is 17.2. The summed E-state index contributed by atoms with van der Waals surface area (Å²) in [5.74, 6) is 1.57. The van der Waals surface area contributed by atoms with Crippen molar-refractivity contribution in [3.8, 4) is 22.8 Å². The quantitative estimate of drug-likeness (QED) is 0.321. The van der Waals surface area contributed by atoms with Crippen LogP contribution in [-0.2, 0) is 9.84 Å². The molecule has 0 saturated carbocycles. The van der Waals surface area contributed by atoms with Crippen molar-refractivity contribution in [3.05, 3.63) is 83.9 Å². The molecule has 4 aromatic rings. The molecular weight excluding hydrogens is 466 g/mol. The Kier molecular flexibility index (Phi) is 6.83. The van der Waals surface area contributed by atoms with Gasteiger partial charge in [0.05, 0.1) is 23.3 Å². The summed E-state index contributed by atoms with van der Waals surface area (Å²) in [4.78, 5) is 0.314. The van der Waals surface area contributed by atoms with Crippen LogP contribution in [0.1, 0.15) is 0 Å². The molecule has 0 N–H and O–H groups in total. The topological polar surface area (TPSA) is 74.1 Å². The predicted octanol–water partition coefficient (Wildman–Crippen LogP) is 5.16. The van der Waals surface area contributed by atoms with Gasteiger partial charge in [-0.05, 0) is 48.5 Å². The Hall–Kier alpha value is -2.81. The Bertz CT molecular complexity index is 1310. The Balaban J connectivity index is 1.67. The van der Waals surface area contributed by atoms with E-state index in [0.717, 1.165) is 11.3 Å².